The number of hydrogen-bond acceptors (Lipinski definition) is 3. The third-order valence-corrected chi connectivity index (χ3v) is 4.03. The molecule has 0 aliphatic carbocycles. The summed E-state index contributed by atoms with van der Waals surface area (Å²) in [5.41, 5.74) is 3.16. The molecule has 3 rings (SSSR count). The van der Waals surface area contributed by atoms with E-state index in [1.54, 1.807) is 0 Å². The molecule has 2 aromatic rings. The molecule has 0 saturated carbocycles. The SMILES string of the molecule is Cc1cc2cc(C(=O)NCC3CCCN3)oc2cc1C.Cl. The number of nitrogens with one attached hydrogen (secondary N) is 2. The summed E-state index contributed by atoms with van der Waals surface area (Å²) >= 11 is 0. The van der Waals surface area contributed by atoms with Gasteiger partial charge in [0, 0.05) is 18.0 Å². The third kappa shape index (κ3) is 3.39. The number of hydrogen-bond donors (Lipinski definition) is 2. The van der Waals surface area contributed by atoms with E-state index < -0.39 is 0 Å². The minimum Gasteiger partial charge on any atom is -0.451 e. The summed E-state index contributed by atoms with van der Waals surface area (Å²) in [4.78, 5) is 12.1. The van der Waals surface area contributed by atoms with Gasteiger partial charge >= 0.3 is 0 Å². The Balaban J connectivity index is 0.00000161. The fourth-order valence-electron chi connectivity index (χ4n) is 2.65. The molecule has 2 heterocycles. The average Bonchev–Trinajstić information content (AvgIpc) is 3.05. The first-order chi connectivity index (χ1) is 9.63. The Morgan fingerprint density at radius 1 is 1.33 bits per heavy atom. The van der Waals surface area contributed by atoms with Crippen LogP contribution in [0.15, 0.2) is 22.6 Å². The van der Waals surface area contributed by atoms with E-state index in [0.717, 1.165) is 23.9 Å². The zero-order valence-corrected chi connectivity index (χ0v) is 13.2. The second kappa shape index (κ2) is 6.50. The second-order valence-corrected chi connectivity index (χ2v) is 5.59. The fourth-order valence-corrected chi connectivity index (χ4v) is 2.65. The second-order valence-electron chi connectivity index (χ2n) is 5.59. The van der Waals surface area contributed by atoms with Gasteiger partial charge in [0.25, 0.3) is 5.91 Å². The number of carbonyl (C=O) groups is 1. The van der Waals surface area contributed by atoms with E-state index in [4.69, 9.17) is 4.42 Å². The number of aryl methyl sites for hydroxylation is 2. The lowest BCUT2D eigenvalue weighted by Gasteiger charge is -2.10. The van der Waals surface area contributed by atoms with Crippen LogP contribution >= 0.6 is 12.4 Å². The summed E-state index contributed by atoms with van der Waals surface area (Å²) in [6.45, 7) is 5.81. The van der Waals surface area contributed by atoms with Gasteiger partial charge in [-0.15, -0.1) is 12.4 Å². The van der Waals surface area contributed by atoms with Gasteiger partial charge in [-0.2, -0.15) is 0 Å². The largest absolute Gasteiger partial charge is 0.451 e. The van der Waals surface area contributed by atoms with Crippen LogP contribution in [-0.4, -0.2) is 25.0 Å². The Labute approximate surface area is 130 Å². The van der Waals surface area contributed by atoms with E-state index in [1.807, 2.05) is 19.1 Å². The lowest BCUT2D eigenvalue weighted by atomic mass is 10.1. The van der Waals surface area contributed by atoms with Crippen molar-refractivity contribution in [3.05, 3.63) is 35.1 Å². The van der Waals surface area contributed by atoms with Crippen LogP contribution in [0.5, 0.6) is 0 Å². The number of amides is 1. The Hall–Kier alpha value is -1.52. The molecule has 1 aromatic carbocycles. The minimum absolute atomic E-state index is 0. The molecule has 1 unspecified atom stereocenters. The highest BCUT2D eigenvalue weighted by atomic mass is 35.5. The van der Waals surface area contributed by atoms with Crippen LogP contribution in [0.25, 0.3) is 11.0 Å². The highest BCUT2D eigenvalue weighted by Gasteiger charge is 2.17. The van der Waals surface area contributed by atoms with Crippen LogP contribution in [0.1, 0.15) is 34.5 Å². The molecule has 1 saturated heterocycles. The molecule has 0 bridgehead atoms. The van der Waals surface area contributed by atoms with Crippen LogP contribution in [0.2, 0.25) is 0 Å². The fraction of sp³-hybridized carbons (Fsp3) is 0.438. The maximum absolute atomic E-state index is 12.1. The normalized spacial score (nSPS) is 17.7. The van der Waals surface area contributed by atoms with Crippen molar-refractivity contribution >= 4 is 29.3 Å². The van der Waals surface area contributed by atoms with Crippen molar-refractivity contribution in [2.24, 2.45) is 0 Å². The number of halogens is 1. The van der Waals surface area contributed by atoms with Crippen molar-refractivity contribution in [1.29, 1.82) is 0 Å². The van der Waals surface area contributed by atoms with Crippen LogP contribution in [-0.2, 0) is 0 Å². The monoisotopic (exact) mass is 308 g/mol. The molecule has 1 fully saturated rings. The van der Waals surface area contributed by atoms with E-state index in [-0.39, 0.29) is 18.3 Å². The van der Waals surface area contributed by atoms with Gasteiger partial charge in [-0.25, -0.2) is 0 Å². The Kier molecular flexibility index (Phi) is 4.91. The Morgan fingerprint density at radius 3 is 2.81 bits per heavy atom. The van der Waals surface area contributed by atoms with Gasteiger partial charge in [-0.05, 0) is 62.6 Å². The highest BCUT2D eigenvalue weighted by Crippen LogP contribution is 2.23. The molecule has 1 amide bonds. The predicted octanol–water partition coefficient (Wildman–Crippen LogP) is 2.95. The van der Waals surface area contributed by atoms with Crippen molar-refractivity contribution in [3.8, 4) is 0 Å². The van der Waals surface area contributed by atoms with E-state index in [9.17, 15) is 4.79 Å². The summed E-state index contributed by atoms with van der Waals surface area (Å²) < 4.78 is 5.65. The number of benzene rings is 1. The molecule has 0 radical (unpaired) electrons. The van der Waals surface area contributed by atoms with Crippen molar-refractivity contribution in [1.82, 2.24) is 10.6 Å². The van der Waals surface area contributed by atoms with Crippen molar-refractivity contribution < 1.29 is 9.21 Å². The quantitative estimate of drug-likeness (QED) is 0.916. The van der Waals surface area contributed by atoms with Gasteiger partial charge < -0.3 is 15.1 Å². The summed E-state index contributed by atoms with van der Waals surface area (Å²) in [5, 5.41) is 7.28. The first kappa shape index (κ1) is 15.9. The molecule has 2 N–H and O–H groups in total. The number of rotatable bonds is 3. The van der Waals surface area contributed by atoms with Gasteiger partial charge in [0.05, 0.1) is 0 Å². The highest BCUT2D eigenvalue weighted by molar-refractivity contribution is 5.96. The standard InChI is InChI=1S/C16H20N2O2.ClH/c1-10-6-12-8-15(20-14(12)7-11(10)2)16(19)18-9-13-4-3-5-17-13;/h6-8,13,17H,3-5,9H2,1-2H3,(H,18,19);1H. The summed E-state index contributed by atoms with van der Waals surface area (Å²) in [6.07, 6.45) is 2.31. The molecule has 5 heteroatoms. The molecule has 1 atom stereocenters. The number of fused-ring (bicyclic) bond motifs is 1. The van der Waals surface area contributed by atoms with Crippen molar-refractivity contribution in [2.75, 3.05) is 13.1 Å². The van der Waals surface area contributed by atoms with Gasteiger partial charge in [0.15, 0.2) is 5.76 Å². The number of furan rings is 1. The average molecular weight is 309 g/mol. The van der Waals surface area contributed by atoms with E-state index in [2.05, 4.69) is 23.6 Å². The lowest BCUT2D eigenvalue weighted by Crippen LogP contribution is -2.36. The minimum atomic E-state index is -0.134. The smallest absolute Gasteiger partial charge is 0.287 e. The van der Waals surface area contributed by atoms with E-state index >= 15 is 0 Å². The van der Waals surface area contributed by atoms with E-state index in [0.29, 0.717) is 18.3 Å². The molecule has 0 spiro atoms. The molecular formula is C16H21ClN2O2. The topological polar surface area (TPSA) is 54.3 Å². The van der Waals surface area contributed by atoms with Gasteiger partial charge in [0.2, 0.25) is 0 Å². The van der Waals surface area contributed by atoms with Crippen molar-refractivity contribution in [3.63, 3.8) is 0 Å². The molecule has 4 nitrogen and oxygen atoms in total. The Morgan fingerprint density at radius 2 is 2.10 bits per heavy atom. The molecular weight excluding hydrogens is 288 g/mol. The van der Waals surface area contributed by atoms with Crippen LogP contribution in [0.3, 0.4) is 0 Å². The van der Waals surface area contributed by atoms with Gasteiger partial charge in [0.1, 0.15) is 5.58 Å². The summed E-state index contributed by atoms with van der Waals surface area (Å²) in [6, 6.07) is 6.26. The van der Waals surface area contributed by atoms with Gasteiger partial charge in [-0.3, -0.25) is 4.79 Å². The van der Waals surface area contributed by atoms with Crippen molar-refractivity contribution in [2.45, 2.75) is 32.7 Å². The lowest BCUT2D eigenvalue weighted by molar-refractivity contribution is 0.0925. The molecule has 1 aliphatic rings. The molecule has 114 valence electrons. The first-order valence-electron chi connectivity index (χ1n) is 7.16. The third-order valence-electron chi connectivity index (χ3n) is 4.03. The zero-order valence-electron chi connectivity index (χ0n) is 12.4. The molecule has 1 aliphatic heterocycles. The summed E-state index contributed by atoms with van der Waals surface area (Å²) in [5.74, 6) is 0.258. The number of carbonyl (C=O) groups excluding carboxylic acids is 1. The molecule has 21 heavy (non-hydrogen) atoms. The summed E-state index contributed by atoms with van der Waals surface area (Å²) in [7, 11) is 0. The van der Waals surface area contributed by atoms with Crippen LogP contribution in [0.4, 0.5) is 0 Å². The van der Waals surface area contributed by atoms with Gasteiger partial charge in [-0.1, -0.05) is 0 Å². The first-order valence-corrected chi connectivity index (χ1v) is 7.16. The van der Waals surface area contributed by atoms with Crippen LogP contribution in [0, 0.1) is 13.8 Å². The van der Waals surface area contributed by atoms with E-state index in [1.165, 1.54) is 17.5 Å². The zero-order chi connectivity index (χ0) is 14.1. The maximum Gasteiger partial charge on any atom is 0.287 e. The maximum atomic E-state index is 12.1. The predicted molar refractivity (Wildman–Crippen MR) is 86.3 cm³/mol. The molecule has 1 aromatic heterocycles. The van der Waals surface area contributed by atoms with Crippen LogP contribution < -0.4 is 10.6 Å². The Bertz CT molecular complexity index is 606.